The Morgan fingerprint density at radius 2 is 1.96 bits per heavy atom. The van der Waals surface area contributed by atoms with Crippen LogP contribution in [0.25, 0.3) is 11.0 Å². The maximum Gasteiger partial charge on any atom is 0.408 e. The molecule has 0 spiro atoms. The van der Waals surface area contributed by atoms with E-state index in [1.165, 1.54) is 7.11 Å². The number of hydrogen-bond donors (Lipinski definition) is 1. The van der Waals surface area contributed by atoms with Gasteiger partial charge in [0.2, 0.25) is 0 Å². The lowest BCUT2D eigenvalue weighted by atomic mass is 10.1. The fraction of sp³-hybridized carbons (Fsp3) is 0.412. The van der Waals surface area contributed by atoms with E-state index in [-0.39, 0.29) is 6.42 Å². The van der Waals surface area contributed by atoms with E-state index in [0.717, 1.165) is 5.39 Å². The SMILES string of the molecule is COC(=O)C[C@H](NC(=O)OC(C)(C)C)c1cc2ccccc2o1. The summed E-state index contributed by atoms with van der Waals surface area (Å²) >= 11 is 0. The molecule has 0 fully saturated rings. The van der Waals surface area contributed by atoms with Gasteiger partial charge in [-0.3, -0.25) is 4.79 Å². The van der Waals surface area contributed by atoms with Gasteiger partial charge in [0.15, 0.2) is 0 Å². The summed E-state index contributed by atoms with van der Waals surface area (Å²) in [6.45, 7) is 5.30. The first-order valence-corrected chi connectivity index (χ1v) is 7.33. The van der Waals surface area contributed by atoms with E-state index in [2.05, 4.69) is 10.1 Å². The molecule has 0 saturated carbocycles. The largest absolute Gasteiger partial charge is 0.469 e. The van der Waals surface area contributed by atoms with Crippen LogP contribution in [-0.4, -0.2) is 24.8 Å². The van der Waals surface area contributed by atoms with Crippen LogP contribution in [0.5, 0.6) is 0 Å². The fourth-order valence-corrected chi connectivity index (χ4v) is 2.10. The van der Waals surface area contributed by atoms with Crippen molar-refractivity contribution >= 4 is 23.0 Å². The van der Waals surface area contributed by atoms with Gasteiger partial charge >= 0.3 is 12.1 Å². The highest BCUT2D eigenvalue weighted by Crippen LogP contribution is 2.26. The quantitative estimate of drug-likeness (QED) is 0.872. The molecule has 0 saturated heterocycles. The molecule has 0 bridgehead atoms. The number of amides is 1. The molecule has 0 aliphatic heterocycles. The zero-order valence-corrected chi connectivity index (χ0v) is 13.7. The minimum Gasteiger partial charge on any atom is -0.469 e. The number of methoxy groups -OCH3 is 1. The first-order valence-electron chi connectivity index (χ1n) is 7.33. The number of fused-ring (bicyclic) bond motifs is 1. The van der Waals surface area contributed by atoms with Crippen LogP contribution in [0.2, 0.25) is 0 Å². The number of hydrogen-bond acceptors (Lipinski definition) is 5. The lowest BCUT2D eigenvalue weighted by molar-refractivity contribution is -0.141. The van der Waals surface area contributed by atoms with E-state index in [4.69, 9.17) is 9.15 Å². The van der Waals surface area contributed by atoms with Crippen molar-refractivity contribution < 1.29 is 23.5 Å². The van der Waals surface area contributed by atoms with Crippen LogP contribution in [-0.2, 0) is 14.3 Å². The Hall–Kier alpha value is -2.50. The molecule has 1 atom stereocenters. The summed E-state index contributed by atoms with van der Waals surface area (Å²) in [6, 6.07) is 8.59. The average Bonchev–Trinajstić information content (AvgIpc) is 2.88. The molecule has 1 aromatic carbocycles. The van der Waals surface area contributed by atoms with Gasteiger partial charge in [-0.15, -0.1) is 0 Å². The van der Waals surface area contributed by atoms with Crippen LogP contribution in [0, 0.1) is 0 Å². The second-order valence-electron chi connectivity index (χ2n) is 6.17. The van der Waals surface area contributed by atoms with Crippen LogP contribution < -0.4 is 5.32 Å². The van der Waals surface area contributed by atoms with E-state index in [1.807, 2.05) is 24.3 Å². The summed E-state index contributed by atoms with van der Waals surface area (Å²) in [4.78, 5) is 23.6. The maximum absolute atomic E-state index is 12.0. The highest BCUT2D eigenvalue weighted by Gasteiger charge is 2.25. The highest BCUT2D eigenvalue weighted by atomic mass is 16.6. The van der Waals surface area contributed by atoms with Crippen molar-refractivity contribution in [3.8, 4) is 0 Å². The molecule has 0 aliphatic carbocycles. The number of ether oxygens (including phenoxy) is 2. The molecule has 6 heteroatoms. The third kappa shape index (κ3) is 4.74. The van der Waals surface area contributed by atoms with E-state index in [9.17, 15) is 9.59 Å². The number of para-hydroxylation sites is 1. The van der Waals surface area contributed by atoms with Gasteiger partial charge in [0, 0.05) is 5.39 Å². The molecule has 124 valence electrons. The van der Waals surface area contributed by atoms with Crippen LogP contribution in [0.3, 0.4) is 0 Å². The van der Waals surface area contributed by atoms with Gasteiger partial charge in [-0.2, -0.15) is 0 Å². The fourth-order valence-electron chi connectivity index (χ4n) is 2.10. The Kier molecular flexibility index (Phi) is 4.93. The van der Waals surface area contributed by atoms with Crippen molar-refractivity contribution in [1.29, 1.82) is 0 Å². The smallest absolute Gasteiger partial charge is 0.408 e. The molecular weight excluding hydrogens is 298 g/mol. The standard InChI is InChI=1S/C17H21NO5/c1-17(2,3)23-16(20)18-12(10-15(19)21-4)14-9-11-7-5-6-8-13(11)22-14/h5-9,12H,10H2,1-4H3,(H,18,20)/t12-/m0/s1. The van der Waals surface area contributed by atoms with Gasteiger partial charge < -0.3 is 19.2 Å². The molecule has 0 aliphatic rings. The van der Waals surface area contributed by atoms with Crippen molar-refractivity contribution in [1.82, 2.24) is 5.32 Å². The average molecular weight is 319 g/mol. The number of alkyl carbamates (subject to hydrolysis) is 1. The Morgan fingerprint density at radius 1 is 1.26 bits per heavy atom. The maximum atomic E-state index is 12.0. The second-order valence-corrected chi connectivity index (χ2v) is 6.17. The second kappa shape index (κ2) is 6.73. The zero-order valence-electron chi connectivity index (χ0n) is 13.7. The van der Waals surface area contributed by atoms with Crippen molar-refractivity contribution in [2.75, 3.05) is 7.11 Å². The number of nitrogens with one attached hydrogen (secondary N) is 1. The predicted octanol–water partition coefficient (Wildman–Crippen LogP) is 3.56. The van der Waals surface area contributed by atoms with Crippen LogP contribution in [0.15, 0.2) is 34.7 Å². The van der Waals surface area contributed by atoms with Gasteiger partial charge in [0.05, 0.1) is 13.5 Å². The summed E-state index contributed by atoms with van der Waals surface area (Å²) in [5.41, 5.74) is 0.0525. The van der Waals surface area contributed by atoms with Crippen LogP contribution in [0.1, 0.15) is 39.0 Å². The molecule has 1 heterocycles. The molecule has 1 N–H and O–H groups in total. The van der Waals surface area contributed by atoms with Crippen LogP contribution in [0.4, 0.5) is 4.79 Å². The number of benzene rings is 1. The van der Waals surface area contributed by atoms with Crippen molar-refractivity contribution in [3.05, 3.63) is 36.1 Å². The Morgan fingerprint density at radius 3 is 2.57 bits per heavy atom. The molecule has 2 rings (SSSR count). The Bertz CT molecular complexity index is 665. The highest BCUT2D eigenvalue weighted by molar-refractivity contribution is 5.79. The minimum absolute atomic E-state index is 0.0461. The summed E-state index contributed by atoms with van der Waals surface area (Å²) in [6.07, 6.45) is -0.665. The van der Waals surface area contributed by atoms with Gasteiger partial charge in [-0.1, -0.05) is 18.2 Å². The molecule has 6 nitrogen and oxygen atoms in total. The van der Waals surface area contributed by atoms with Crippen molar-refractivity contribution in [3.63, 3.8) is 0 Å². The Balaban J connectivity index is 2.22. The molecule has 23 heavy (non-hydrogen) atoms. The number of esters is 1. The normalized spacial score (nSPS) is 12.7. The molecule has 2 aromatic rings. The topological polar surface area (TPSA) is 77.8 Å². The van der Waals surface area contributed by atoms with Gasteiger partial charge in [0.25, 0.3) is 0 Å². The lowest BCUT2D eigenvalue weighted by Crippen LogP contribution is -2.35. The van der Waals surface area contributed by atoms with Gasteiger partial charge in [0.1, 0.15) is 23.0 Å². The molecule has 0 radical (unpaired) electrons. The summed E-state index contributed by atoms with van der Waals surface area (Å²) in [5, 5.41) is 3.55. The van der Waals surface area contributed by atoms with Crippen molar-refractivity contribution in [2.24, 2.45) is 0 Å². The van der Waals surface area contributed by atoms with E-state index >= 15 is 0 Å². The van der Waals surface area contributed by atoms with Crippen molar-refractivity contribution in [2.45, 2.75) is 38.8 Å². The minimum atomic E-state index is -0.662. The number of furan rings is 1. The monoisotopic (exact) mass is 319 g/mol. The molecule has 1 aromatic heterocycles. The number of carbonyl (C=O) groups excluding carboxylic acids is 2. The Labute approximate surface area is 134 Å². The van der Waals surface area contributed by atoms with E-state index in [0.29, 0.717) is 11.3 Å². The molecular formula is C17H21NO5. The van der Waals surface area contributed by atoms with E-state index < -0.39 is 23.7 Å². The van der Waals surface area contributed by atoms with Gasteiger partial charge in [-0.05, 0) is 32.9 Å². The molecule has 1 amide bonds. The summed E-state index contributed by atoms with van der Waals surface area (Å²) in [5.74, 6) is 0.0222. The summed E-state index contributed by atoms with van der Waals surface area (Å²) < 4.78 is 15.6. The third-order valence-corrected chi connectivity index (χ3v) is 3.08. The van der Waals surface area contributed by atoms with Gasteiger partial charge in [-0.25, -0.2) is 4.79 Å². The number of carbonyl (C=O) groups is 2. The summed E-state index contributed by atoms with van der Waals surface area (Å²) in [7, 11) is 1.30. The number of rotatable bonds is 4. The first-order chi connectivity index (χ1) is 10.8. The zero-order chi connectivity index (χ0) is 17.0. The van der Waals surface area contributed by atoms with Crippen LogP contribution >= 0.6 is 0 Å². The molecule has 0 unspecified atom stereocenters. The third-order valence-electron chi connectivity index (χ3n) is 3.08. The predicted molar refractivity (Wildman–Crippen MR) is 85.0 cm³/mol. The van der Waals surface area contributed by atoms with E-state index in [1.54, 1.807) is 26.8 Å². The lowest BCUT2D eigenvalue weighted by Gasteiger charge is -2.22. The first kappa shape index (κ1) is 16.9.